The Balaban J connectivity index is 4.35. The van der Waals surface area contributed by atoms with Gasteiger partial charge in [0.15, 0.2) is 0 Å². The Morgan fingerprint density at radius 3 is 1.37 bits per heavy atom. The lowest BCUT2D eigenvalue weighted by Gasteiger charge is -2.25. The molecule has 0 saturated carbocycles. The number of likely N-dealkylation sites (N-methyl/N-ethyl adjacent to an activating group) is 1. The van der Waals surface area contributed by atoms with E-state index >= 15 is 0 Å². The van der Waals surface area contributed by atoms with Crippen molar-refractivity contribution in [2.24, 2.45) is 0 Å². The van der Waals surface area contributed by atoms with Crippen molar-refractivity contribution in [3.8, 4) is 0 Å². The molecule has 9 heteroatoms. The van der Waals surface area contributed by atoms with Crippen LogP contribution < -0.4 is 5.32 Å². The van der Waals surface area contributed by atoms with Crippen LogP contribution in [0, 0.1) is 0 Å². The zero-order chi connectivity index (χ0) is 49.2. The van der Waals surface area contributed by atoms with E-state index < -0.39 is 20.0 Å². The van der Waals surface area contributed by atoms with E-state index in [1.165, 1.54) is 128 Å². The summed E-state index contributed by atoms with van der Waals surface area (Å²) in [5.74, 6) is -0.220. The number of carbonyl (C=O) groups is 1. The monoisotopic (exact) mass is 958 g/mol. The van der Waals surface area contributed by atoms with Gasteiger partial charge in [-0.1, -0.05) is 227 Å². The third kappa shape index (κ3) is 51.4. The molecule has 0 rings (SSSR count). The Morgan fingerprint density at radius 2 is 0.910 bits per heavy atom. The van der Waals surface area contributed by atoms with Crippen molar-refractivity contribution in [2.45, 2.75) is 238 Å². The number of phosphoric acid groups is 1. The average molecular weight is 958 g/mol. The van der Waals surface area contributed by atoms with E-state index in [0.29, 0.717) is 23.9 Å². The molecule has 0 aliphatic carbocycles. The fraction of sp³-hybridized carbons (Fsp3) is 0.741. The van der Waals surface area contributed by atoms with Gasteiger partial charge in [0.25, 0.3) is 0 Å². The van der Waals surface area contributed by atoms with Crippen molar-refractivity contribution in [3.63, 3.8) is 0 Å². The van der Waals surface area contributed by atoms with E-state index in [1.54, 1.807) is 6.08 Å². The van der Waals surface area contributed by atoms with Crippen LogP contribution in [0.3, 0.4) is 0 Å². The van der Waals surface area contributed by atoms with E-state index in [1.807, 2.05) is 27.2 Å². The van der Waals surface area contributed by atoms with Gasteiger partial charge in [-0.05, 0) is 77.0 Å². The first kappa shape index (κ1) is 64.7. The third-order valence-corrected chi connectivity index (χ3v) is 12.8. The molecule has 388 valence electrons. The number of rotatable bonds is 49. The maximum absolute atomic E-state index is 12.9. The van der Waals surface area contributed by atoms with E-state index in [4.69, 9.17) is 9.05 Å². The minimum absolute atomic E-state index is 0.0451. The van der Waals surface area contributed by atoms with Gasteiger partial charge in [-0.2, -0.15) is 0 Å². The summed E-state index contributed by atoms with van der Waals surface area (Å²) >= 11 is 0. The number of hydrogen-bond acceptors (Lipinski definition) is 5. The minimum Gasteiger partial charge on any atom is -0.387 e. The highest BCUT2D eigenvalue weighted by molar-refractivity contribution is 7.47. The molecule has 3 N–H and O–H groups in total. The molecule has 0 aliphatic heterocycles. The highest BCUT2D eigenvalue weighted by Crippen LogP contribution is 2.43. The molecule has 0 aromatic rings. The van der Waals surface area contributed by atoms with Gasteiger partial charge < -0.3 is 19.8 Å². The molecule has 3 atom stereocenters. The van der Waals surface area contributed by atoms with Gasteiger partial charge in [-0.15, -0.1) is 0 Å². The number of allylic oxidation sites excluding steroid dienone is 13. The number of aliphatic hydroxyl groups excluding tert-OH is 1. The van der Waals surface area contributed by atoms with Crippen LogP contribution >= 0.6 is 7.82 Å². The summed E-state index contributed by atoms with van der Waals surface area (Å²) in [4.78, 5) is 23.2. The Hall–Kier alpha value is -2.32. The van der Waals surface area contributed by atoms with Gasteiger partial charge in [0.2, 0.25) is 5.91 Å². The Morgan fingerprint density at radius 1 is 0.522 bits per heavy atom. The SMILES string of the molecule is CC/C=C\C/C=C\C/C=C\C/C=C\C/C=C\CCCCCC(=O)NC(COP(=O)(O)OCC[N+](C)(C)C)C(O)/C=C/CC/C=C/CCCCCCCCCCCCCCCCCCCCCC. The van der Waals surface area contributed by atoms with Gasteiger partial charge >= 0.3 is 7.82 Å². The topological polar surface area (TPSA) is 105 Å². The number of phosphoric ester groups is 1. The second-order valence-electron chi connectivity index (χ2n) is 19.6. The Kier molecular flexibility index (Phi) is 47.0. The number of amides is 1. The van der Waals surface area contributed by atoms with Gasteiger partial charge in [-0.3, -0.25) is 13.8 Å². The summed E-state index contributed by atoms with van der Waals surface area (Å²) in [6.45, 7) is 4.66. The molecule has 0 heterocycles. The molecule has 3 unspecified atom stereocenters. The van der Waals surface area contributed by atoms with Gasteiger partial charge in [0.1, 0.15) is 13.2 Å². The van der Waals surface area contributed by atoms with Crippen molar-refractivity contribution >= 4 is 13.7 Å². The lowest BCUT2D eigenvalue weighted by molar-refractivity contribution is -0.870. The summed E-state index contributed by atoms with van der Waals surface area (Å²) in [5, 5.41) is 13.9. The van der Waals surface area contributed by atoms with Crippen LogP contribution in [0.15, 0.2) is 85.1 Å². The molecule has 0 saturated heterocycles. The van der Waals surface area contributed by atoms with Crippen molar-refractivity contribution in [1.29, 1.82) is 0 Å². The summed E-state index contributed by atoms with van der Waals surface area (Å²) in [6.07, 6.45) is 68.3. The Labute approximate surface area is 414 Å². The second-order valence-corrected chi connectivity index (χ2v) is 21.0. The van der Waals surface area contributed by atoms with Crippen molar-refractivity contribution in [1.82, 2.24) is 5.32 Å². The highest BCUT2D eigenvalue weighted by Gasteiger charge is 2.27. The predicted octanol–water partition coefficient (Wildman–Crippen LogP) is 16.5. The van der Waals surface area contributed by atoms with Crippen LogP contribution in [0.4, 0.5) is 0 Å². The van der Waals surface area contributed by atoms with Crippen LogP contribution in [0.25, 0.3) is 0 Å². The fourth-order valence-electron chi connectivity index (χ4n) is 7.55. The number of quaternary nitrogens is 1. The van der Waals surface area contributed by atoms with Crippen LogP contribution in [0.2, 0.25) is 0 Å². The molecule has 0 spiro atoms. The fourth-order valence-corrected chi connectivity index (χ4v) is 8.29. The molecule has 0 fully saturated rings. The first-order chi connectivity index (χ1) is 32.5. The molecule has 8 nitrogen and oxygen atoms in total. The minimum atomic E-state index is -4.37. The molecule has 0 aromatic carbocycles. The standard InChI is InChI=1S/C58H105N2O6P/c1-6-8-10-12-14-16-18-20-22-24-26-27-28-29-30-31-32-34-35-37-39-41-43-45-47-49-51-57(61)56(55-66-67(63,64)65-54-53-60(3,4)5)59-58(62)52-50-48-46-44-42-40-38-36-33-25-23-21-19-17-15-13-11-9-7-2/h9,11,15,17,21,23,33,36,40-43,49,51,56-57,61H,6-8,10,12-14,16,18-20,22,24-32,34-35,37-39,44-48,50,52-55H2,1-5H3,(H-,59,62,63,64)/p+1/b11-9-,17-15-,23-21-,36-33-,42-40-,43-41+,51-49+. The maximum atomic E-state index is 12.9. The zero-order valence-electron chi connectivity index (χ0n) is 44.1. The average Bonchev–Trinajstić information content (AvgIpc) is 3.29. The van der Waals surface area contributed by atoms with Crippen LogP contribution in [-0.4, -0.2) is 73.4 Å². The summed E-state index contributed by atoms with van der Waals surface area (Å²) in [7, 11) is 1.52. The quantitative estimate of drug-likeness (QED) is 0.0243. The molecule has 0 radical (unpaired) electrons. The van der Waals surface area contributed by atoms with Crippen molar-refractivity contribution < 1.29 is 32.9 Å². The molecular formula is C58H106N2O6P+. The van der Waals surface area contributed by atoms with Crippen LogP contribution in [-0.2, 0) is 18.4 Å². The largest absolute Gasteiger partial charge is 0.472 e. The normalized spacial score (nSPS) is 14.7. The molecule has 0 aromatic heterocycles. The molecule has 1 amide bonds. The Bertz CT molecular complexity index is 1360. The van der Waals surface area contributed by atoms with Crippen molar-refractivity contribution in [2.75, 3.05) is 40.9 Å². The van der Waals surface area contributed by atoms with E-state index in [0.717, 1.165) is 70.6 Å². The number of hydrogen-bond donors (Lipinski definition) is 3. The zero-order valence-corrected chi connectivity index (χ0v) is 45.0. The summed E-state index contributed by atoms with van der Waals surface area (Å²) in [5.41, 5.74) is 0. The lowest BCUT2D eigenvalue weighted by Crippen LogP contribution is -2.45. The number of nitrogens with one attached hydrogen (secondary N) is 1. The molecule has 0 bridgehead atoms. The highest BCUT2D eigenvalue weighted by atomic mass is 31.2. The second kappa shape index (κ2) is 48.7. The first-order valence-electron chi connectivity index (χ1n) is 27.5. The van der Waals surface area contributed by atoms with Crippen LogP contribution in [0.5, 0.6) is 0 Å². The summed E-state index contributed by atoms with van der Waals surface area (Å²) in [6, 6.07) is -0.887. The van der Waals surface area contributed by atoms with E-state index in [-0.39, 0.29) is 19.1 Å². The van der Waals surface area contributed by atoms with E-state index in [9.17, 15) is 19.4 Å². The lowest BCUT2D eigenvalue weighted by atomic mass is 10.0. The molecule has 67 heavy (non-hydrogen) atoms. The number of unbranched alkanes of at least 4 members (excludes halogenated alkanes) is 24. The van der Waals surface area contributed by atoms with E-state index in [2.05, 4.69) is 92.1 Å². The van der Waals surface area contributed by atoms with Gasteiger partial charge in [0, 0.05) is 6.42 Å². The maximum Gasteiger partial charge on any atom is 0.472 e. The van der Waals surface area contributed by atoms with Crippen molar-refractivity contribution in [3.05, 3.63) is 85.1 Å². The third-order valence-electron chi connectivity index (χ3n) is 11.8. The number of carbonyl (C=O) groups excluding carboxylic acids is 1. The number of aliphatic hydroxyl groups is 1. The molecular weight excluding hydrogens is 852 g/mol. The van der Waals surface area contributed by atoms with Crippen LogP contribution in [0.1, 0.15) is 226 Å². The predicted molar refractivity (Wildman–Crippen MR) is 290 cm³/mol. The first-order valence-corrected chi connectivity index (χ1v) is 29.0. The summed E-state index contributed by atoms with van der Waals surface area (Å²) < 4.78 is 23.6. The van der Waals surface area contributed by atoms with Gasteiger partial charge in [-0.25, -0.2) is 4.57 Å². The van der Waals surface area contributed by atoms with Gasteiger partial charge in [0.05, 0.1) is 39.9 Å². The smallest absolute Gasteiger partial charge is 0.387 e. The number of nitrogens with zero attached hydrogens (tertiary/aromatic N) is 1. The molecule has 0 aliphatic rings.